The van der Waals surface area contributed by atoms with Crippen LogP contribution < -0.4 is 0 Å². The van der Waals surface area contributed by atoms with E-state index in [1.54, 1.807) is 30.6 Å². The molecule has 2 atom stereocenters. The van der Waals surface area contributed by atoms with Crippen molar-refractivity contribution in [2.24, 2.45) is 5.10 Å². The number of aromatic nitrogens is 1. The van der Waals surface area contributed by atoms with Crippen LogP contribution in [-0.4, -0.2) is 57.9 Å². The highest BCUT2D eigenvalue weighted by Gasteiger charge is 2.36. The van der Waals surface area contributed by atoms with Crippen molar-refractivity contribution in [3.8, 4) is 5.75 Å². The lowest BCUT2D eigenvalue weighted by atomic mass is 9.98. The number of benzene rings is 1. The number of morpholine rings is 1. The molecule has 3 aromatic rings. The monoisotopic (exact) mass is 446 g/mol. The van der Waals surface area contributed by atoms with Gasteiger partial charge < -0.3 is 14.3 Å². The van der Waals surface area contributed by atoms with Crippen molar-refractivity contribution in [3.63, 3.8) is 0 Å². The second kappa shape index (κ2) is 9.17. The van der Waals surface area contributed by atoms with E-state index in [2.05, 4.69) is 21.9 Å². The number of phenolic OH excluding ortho intramolecular Hbond substituents is 1. The van der Waals surface area contributed by atoms with Crippen molar-refractivity contribution in [1.29, 1.82) is 0 Å². The van der Waals surface area contributed by atoms with Gasteiger partial charge in [0.05, 0.1) is 31.0 Å². The third-order valence-corrected chi connectivity index (χ3v) is 6.25. The van der Waals surface area contributed by atoms with E-state index in [1.807, 2.05) is 30.3 Å². The summed E-state index contributed by atoms with van der Waals surface area (Å²) in [6.07, 6.45) is 3.89. The standard InChI is InChI=1S/C25H26N4O4/c1-17(28-11-13-32-14-12-28)23-8-9-24(33-23)25(31)29-21(19-6-2-3-7-22(19)30)15-20(27-29)18-5-4-10-26-16-18/h2-10,16-17,21,30H,11-15H2,1H3. The summed E-state index contributed by atoms with van der Waals surface area (Å²) in [5.41, 5.74) is 2.22. The fourth-order valence-electron chi connectivity index (χ4n) is 4.37. The van der Waals surface area contributed by atoms with Crippen LogP contribution in [0.3, 0.4) is 0 Å². The predicted molar refractivity (Wildman–Crippen MR) is 122 cm³/mol. The molecule has 8 heteroatoms. The van der Waals surface area contributed by atoms with Gasteiger partial charge in [0.2, 0.25) is 0 Å². The number of carbonyl (C=O) groups is 1. The van der Waals surface area contributed by atoms with Gasteiger partial charge >= 0.3 is 5.91 Å². The number of hydrazone groups is 1. The number of furan rings is 1. The first kappa shape index (κ1) is 21.4. The van der Waals surface area contributed by atoms with Crippen LogP contribution in [0.25, 0.3) is 0 Å². The third kappa shape index (κ3) is 4.27. The minimum atomic E-state index is -0.445. The van der Waals surface area contributed by atoms with E-state index >= 15 is 0 Å². The number of rotatable bonds is 5. The number of para-hydroxylation sites is 1. The smallest absolute Gasteiger partial charge is 0.310 e. The Hall–Kier alpha value is -3.49. The number of ether oxygens (including phenoxy) is 1. The molecule has 2 aromatic heterocycles. The maximum Gasteiger partial charge on any atom is 0.310 e. The Kier molecular flexibility index (Phi) is 5.93. The van der Waals surface area contributed by atoms with Crippen LogP contribution in [0, 0.1) is 0 Å². The normalized spacial score (nSPS) is 20.0. The zero-order valence-corrected chi connectivity index (χ0v) is 18.4. The van der Waals surface area contributed by atoms with Crippen molar-refractivity contribution in [2.75, 3.05) is 26.3 Å². The molecule has 0 bridgehead atoms. The highest BCUT2D eigenvalue weighted by Crippen LogP contribution is 2.38. The molecule has 0 aliphatic carbocycles. The van der Waals surface area contributed by atoms with E-state index in [-0.39, 0.29) is 23.5 Å². The molecule has 1 aromatic carbocycles. The Morgan fingerprint density at radius 2 is 1.94 bits per heavy atom. The van der Waals surface area contributed by atoms with Crippen LogP contribution in [0.1, 0.15) is 52.9 Å². The fourth-order valence-corrected chi connectivity index (χ4v) is 4.37. The summed E-state index contributed by atoms with van der Waals surface area (Å²) in [4.78, 5) is 20.0. The van der Waals surface area contributed by atoms with E-state index in [4.69, 9.17) is 9.15 Å². The molecule has 0 radical (unpaired) electrons. The zero-order chi connectivity index (χ0) is 22.8. The highest BCUT2D eigenvalue weighted by atomic mass is 16.5. The second-order valence-corrected chi connectivity index (χ2v) is 8.24. The SMILES string of the molecule is CC(c1ccc(C(=O)N2N=C(c3cccnc3)CC2c2ccccc2O)o1)N1CCOCC1. The van der Waals surface area contributed by atoms with E-state index in [0.717, 1.165) is 30.1 Å². The molecule has 33 heavy (non-hydrogen) atoms. The molecular weight excluding hydrogens is 420 g/mol. The Morgan fingerprint density at radius 3 is 2.70 bits per heavy atom. The zero-order valence-electron chi connectivity index (χ0n) is 18.4. The van der Waals surface area contributed by atoms with E-state index in [1.165, 1.54) is 5.01 Å². The summed E-state index contributed by atoms with van der Waals surface area (Å²) in [5, 5.41) is 16.5. The Labute approximate surface area is 192 Å². The molecule has 170 valence electrons. The molecule has 1 amide bonds. The Bertz CT molecular complexity index is 1150. The Balaban J connectivity index is 1.44. The van der Waals surface area contributed by atoms with Gasteiger partial charge in [-0.2, -0.15) is 5.10 Å². The summed E-state index contributed by atoms with van der Waals surface area (Å²) >= 11 is 0. The van der Waals surface area contributed by atoms with Gasteiger partial charge in [0, 0.05) is 43.0 Å². The maximum absolute atomic E-state index is 13.5. The van der Waals surface area contributed by atoms with Crippen molar-refractivity contribution in [3.05, 3.63) is 83.6 Å². The molecule has 4 heterocycles. The van der Waals surface area contributed by atoms with Gasteiger partial charge in [-0.1, -0.05) is 24.3 Å². The molecule has 8 nitrogen and oxygen atoms in total. The maximum atomic E-state index is 13.5. The van der Waals surface area contributed by atoms with Gasteiger partial charge in [-0.25, -0.2) is 5.01 Å². The fraction of sp³-hybridized carbons (Fsp3) is 0.320. The van der Waals surface area contributed by atoms with Crippen molar-refractivity contribution in [2.45, 2.75) is 25.4 Å². The van der Waals surface area contributed by atoms with Gasteiger partial charge in [-0.3, -0.25) is 14.7 Å². The summed E-state index contributed by atoms with van der Waals surface area (Å²) in [5.74, 6) is 0.739. The number of phenols is 1. The van der Waals surface area contributed by atoms with Gasteiger partial charge in [0.25, 0.3) is 0 Å². The van der Waals surface area contributed by atoms with Crippen molar-refractivity contribution in [1.82, 2.24) is 14.9 Å². The molecule has 2 unspecified atom stereocenters. The highest BCUT2D eigenvalue weighted by molar-refractivity contribution is 6.04. The molecule has 1 fully saturated rings. The summed E-state index contributed by atoms with van der Waals surface area (Å²) in [6, 6.07) is 13.9. The first-order valence-corrected chi connectivity index (χ1v) is 11.1. The molecule has 0 spiro atoms. The van der Waals surface area contributed by atoms with Crippen LogP contribution >= 0.6 is 0 Å². The minimum Gasteiger partial charge on any atom is -0.508 e. The molecule has 5 rings (SSSR count). The molecule has 1 N–H and O–H groups in total. The van der Waals surface area contributed by atoms with Gasteiger partial charge in [-0.05, 0) is 31.2 Å². The van der Waals surface area contributed by atoms with Crippen LogP contribution in [0.2, 0.25) is 0 Å². The molecule has 0 saturated carbocycles. The lowest BCUT2D eigenvalue weighted by Gasteiger charge is -2.31. The Morgan fingerprint density at radius 1 is 1.12 bits per heavy atom. The van der Waals surface area contributed by atoms with E-state index in [0.29, 0.717) is 25.2 Å². The quantitative estimate of drug-likeness (QED) is 0.642. The summed E-state index contributed by atoms with van der Waals surface area (Å²) < 4.78 is 11.4. The van der Waals surface area contributed by atoms with Gasteiger partial charge in [0.1, 0.15) is 11.5 Å². The number of nitrogens with zero attached hydrogens (tertiary/aromatic N) is 4. The van der Waals surface area contributed by atoms with Crippen LogP contribution in [0.5, 0.6) is 5.75 Å². The largest absolute Gasteiger partial charge is 0.508 e. The van der Waals surface area contributed by atoms with E-state index < -0.39 is 6.04 Å². The number of aromatic hydroxyl groups is 1. The number of amides is 1. The predicted octanol–water partition coefficient (Wildman–Crippen LogP) is 3.76. The summed E-state index contributed by atoms with van der Waals surface area (Å²) in [6.45, 7) is 5.10. The topological polar surface area (TPSA) is 91.4 Å². The van der Waals surface area contributed by atoms with E-state index in [9.17, 15) is 9.90 Å². The average Bonchev–Trinajstić information content (AvgIpc) is 3.53. The van der Waals surface area contributed by atoms with Crippen LogP contribution in [0.15, 0.2) is 70.4 Å². The molecule has 2 aliphatic heterocycles. The molecular formula is C25H26N4O4. The molecule has 1 saturated heterocycles. The average molecular weight is 447 g/mol. The van der Waals surface area contributed by atoms with Crippen molar-refractivity contribution < 1.29 is 19.1 Å². The lowest BCUT2D eigenvalue weighted by molar-refractivity contribution is 0.0153. The van der Waals surface area contributed by atoms with Crippen LogP contribution in [0.4, 0.5) is 0 Å². The number of hydrogen-bond donors (Lipinski definition) is 1. The van der Waals surface area contributed by atoms with Crippen LogP contribution in [-0.2, 0) is 4.74 Å². The minimum absolute atomic E-state index is 0.0393. The first-order valence-electron chi connectivity index (χ1n) is 11.1. The lowest BCUT2D eigenvalue weighted by Crippen LogP contribution is -2.37. The number of pyridine rings is 1. The molecule has 2 aliphatic rings. The van der Waals surface area contributed by atoms with Gasteiger partial charge in [0.15, 0.2) is 5.76 Å². The number of hydrogen-bond acceptors (Lipinski definition) is 7. The first-order chi connectivity index (χ1) is 16.1. The second-order valence-electron chi connectivity index (χ2n) is 8.24. The van der Waals surface area contributed by atoms with Crippen molar-refractivity contribution >= 4 is 11.6 Å². The number of carbonyl (C=O) groups excluding carboxylic acids is 1. The van der Waals surface area contributed by atoms with Gasteiger partial charge in [-0.15, -0.1) is 0 Å². The summed E-state index contributed by atoms with van der Waals surface area (Å²) in [7, 11) is 0. The third-order valence-electron chi connectivity index (χ3n) is 6.25.